The molecule has 0 fully saturated rings. The fourth-order valence-corrected chi connectivity index (χ4v) is 1.37. The number of nitrogens with one attached hydrogen (secondary N) is 1. The van der Waals surface area contributed by atoms with Gasteiger partial charge in [0, 0.05) is 31.4 Å². The molecule has 18 heavy (non-hydrogen) atoms. The predicted molar refractivity (Wildman–Crippen MR) is 80.6 cm³/mol. The number of halogens is 2. The monoisotopic (exact) mass is 302 g/mol. The first kappa shape index (κ1) is 23.2. The van der Waals surface area contributed by atoms with Crippen molar-refractivity contribution in [1.29, 1.82) is 0 Å². The van der Waals surface area contributed by atoms with Crippen LogP contribution in [0.4, 0.5) is 0 Å². The number of rotatable bonds is 10. The van der Waals surface area contributed by atoms with Crippen LogP contribution in [-0.4, -0.2) is 56.7 Å². The molecule has 0 aromatic heterocycles. The van der Waals surface area contributed by atoms with Crippen LogP contribution in [0.25, 0.3) is 0 Å². The maximum absolute atomic E-state index is 8.00. The van der Waals surface area contributed by atoms with E-state index in [2.05, 4.69) is 17.4 Å². The summed E-state index contributed by atoms with van der Waals surface area (Å²) in [7, 11) is 2.06. The summed E-state index contributed by atoms with van der Waals surface area (Å²) in [5.74, 6) is 1.36. The van der Waals surface area contributed by atoms with Gasteiger partial charge in [-0.1, -0.05) is 13.8 Å². The highest BCUT2D eigenvalue weighted by atomic mass is 35.5. The lowest BCUT2D eigenvalue weighted by molar-refractivity contribution is -0.0979. The normalized spacial score (nSPS) is 9.22. The zero-order chi connectivity index (χ0) is 14.6. The van der Waals surface area contributed by atoms with E-state index in [4.69, 9.17) is 32.8 Å². The molecule has 1 N–H and O–H groups in total. The van der Waals surface area contributed by atoms with Crippen molar-refractivity contribution in [2.45, 2.75) is 26.7 Å². The number of hydrogen-bond donors (Lipinski definition) is 1. The molecule has 0 unspecified atom stereocenters. The number of hydrogen-bond acceptors (Lipinski definition) is 4. The minimum atomic E-state index is 0.675. The Hall–Kier alpha value is 0.130. The Morgan fingerprint density at radius 3 is 2.22 bits per heavy atom. The van der Waals surface area contributed by atoms with E-state index in [0.29, 0.717) is 11.8 Å². The topological polar surface area (TPSA) is 41.6 Å². The number of nitrogens with zero attached hydrogens (tertiary/aromatic N) is 1. The van der Waals surface area contributed by atoms with Gasteiger partial charge in [-0.2, -0.15) is 0 Å². The molecule has 0 bridgehead atoms. The molecule has 0 aliphatic rings. The van der Waals surface area contributed by atoms with Gasteiger partial charge in [0.25, 0.3) is 0 Å². The van der Waals surface area contributed by atoms with Crippen molar-refractivity contribution >= 4 is 30.0 Å². The minimum absolute atomic E-state index is 0.675. The lowest BCUT2D eigenvalue weighted by Gasteiger charge is -2.14. The third kappa shape index (κ3) is 25.1. The van der Waals surface area contributed by atoms with Crippen molar-refractivity contribution < 1.29 is 9.63 Å². The van der Waals surface area contributed by atoms with Crippen molar-refractivity contribution in [1.82, 2.24) is 10.4 Å². The number of alkyl halides is 2. The SMILES string of the molecule is C=O.CC.CN(CCCl)CCCONCCCCl. The summed E-state index contributed by atoms with van der Waals surface area (Å²) in [6, 6.07) is 0. The largest absolute Gasteiger partial charge is 0.307 e. The maximum atomic E-state index is 8.00. The van der Waals surface area contributed by atoms with Gasteiger partial charge < -0.3 is 14.5 Å². The average Bonchev–Trinajstić information content (AvgIpc) is 2.43. The van der Waals surface area contributed by atoms with Gasteiger partial charge in [0.05, 0.1) is 6.61 Å². The van der Waals surface area contributed by atoms with Crippen LogP contribution < -0.4 is 5.48 Å². The Kier molecular flexibility index (Phi) is 33.4. The van der Waals surface area contributed by atoms with Gasteiger partial charge in [-0.3, -0.25) is 0 Å². The second kappa shape index (κ2) is 25.9. The molecule has 0 aliphatic carbocycles. The first-order valence-electron chi connectivity index (χ1n) is 6.25. The van der Waals surface area contributed by atoms with Gasteiger partial charge in [0.2, 0.25) is 0 Å². The second-order valence-electron chi connectivity index (χ2n) is 3.13. The summed E-state index contributed by atoms with van der Waals surface area (Å²) in [5, 5.41) is 0. The van der Waals surface area contributed by atoms with Gasteiger partial charge in [0.15, 0.2) is 0 Å². The van der Waals surface area contributed by atoms with Gasteiger partial charge in [-0.25, -0.2) is 5.48 Å². The lowest BCUT2D eigenvalue weighted by atomic mass is 10.4. The number of hydroxylamine groups is 1. The molecule has 4 nitrogen and oxygen atoms in total. The fourth-order valence-electron chi connectivity index (χ4n) is 0.946. The molecule has 0 aromatic rings. The van der Waals surface area contributed by atoms with Crippen molar-refractivity contribution in [3.63, 3.8) is 0 Å². The lowest BCUT2D eigenvalue weighted by Crippen LogP contribution is -2.24. The van der Waals surface area contributed by atoms with Crippen molar-refractivity contribution in [2.24, 2.45) is 0 Å². The van der Waals surface area contributed by atoms with Gasteiger partial charge >= 0.3 is 0 Å². The van der Waals surface area contributed by atoms with E-state index in [0.717, 1.165) is 39.1 Å². The Balaban J connectivity index is -0.000000506. The summed E-state index contributed by atoms with van der Waals surface area (Å²) in [6.45, 7) is 9.50. The third-order valence-corrected chi connectivity index (χ3v) is 2.20. The predicted octanol–water partition coefficient (Wildman–Crippen LogP) is 2.54. The number of carbonyl (C=O) groups excluding carboxylic acids is 1. The molecular formula is C12H28Cl2N2O2. The Morgan fingerprint density at radius 2 is 1.72 bits per heavy atom. The molecule has 0 aliphatic heterocycles. The highest BCUT2D eigenvalue weighted by Crippen LogP contribution is 1.89. The van der Waals surface area contributed by atoms with Crippen LogP contribution >= 0.6 is 23.2 Å². The highest BCUT2D eigenvalue weighted by Gasteiger charge is 1.96. The molecule has 0 spiro atoms. The highest BCUT2D eigenvalue weighted by molar-refractivity contribution is 6.18. The van der Waals surface area contributed by atoms with E-state index >= 15 is 0 Å². The Labute approximate surface area is 122 Å². The Bertz CT molecular complexity index is 133. The number of carbonyl (C=O) groups is 1. The maximum Gasteiger partial charge on any atom is 0.106 e. The molecule has 0 aromatic carbocycles. The minimum Gasteiger partial charge on any atom is -0.307 e. The molecule has 0 radical (unpaired) electrons. The molecule has 6 heteroatoms. The van der Waals surface area contributed by atoms with E-state index in [1.54, 1.807) is 0 Å². The quantitative estimate of drug-likeness (QED) is 0.382. The molecular weight excluding hydrogens is 275 g/mol. The van der Waals surface area contributed by atoms with Crippen molar-refractivity contribution in [2.75, 3.05) is 45.0 Å². The van der Waals surface area contributed by atoms with Gasteiger partial charge in [0.1, 0.15) is 6.79 Å². The summed E-state index contributed by atoms with van der Waals surface area (Å²) < 4.78 is 0. The van der Waals surface area contributed by atoms with Crippen LogP contribution in [0.15, 0.2) is 0 Å². The van der Waals surface area contributed by atoms with Crippen molar-refractivity contribution in [3.8, 4) is 0 Å². The fraction of sp³-hybridized carbons (Fsp3) is 0.917. The Morgan fingerprint density at radius 1 is 1.11 bits per heavy atom. The van der Waals surface area contributed by atoms with E-state index in [1.165, 1.54) is 0 Å². The molecule has 0 saturated carbocycles. The van der Waals surface area contributed by atoms with E-state index in [-0.39, 0.29) is 0 Å². The third-order valence-electron chi connectivity index (χ3n) is 1.77. The van der Waals surface area contributed by atoms with E-state index < -0.39 is 0 Å². The first-order chi connectivity index (χ1) is 8.81. The molecule has 0 atom stereocenters. The van der Waals surface area contributed by atoms with Crippen LogP contribution in [0.2, 0.25) is 0 Å². The summed E-state index contributed by atoms with van der Waals surface area (Å²) in [5.41, 5.74) is 2.86. The van der Waals surface area contributed by atoms with Gasteiger partial charge in [-0.15, -0.1) is 23.2 Å². The summed E-state index contributed by atoms with van der Waals surface area (Å²) >= 11 is 11.1. The molecule has 0 amide bonds. The molecule has 0 heterocycles. The van der Waals surface area contributed by atoms with E-state index in [9.17, 15) is 0 Å². The smallest absolute Gasteiger partial charge is 0.106 e. The van der Waals surface area contributed by atoms with Crippen LogP contribution in [-0.2, 0) is 9.63 Å². The summed E-state index contributed by atoms with van der Waals surface area (Å²) in [6.07, 6.45) is 1.95. The standard InChI is InChI=1S/C9H20Cl2N2O.C2H6.CH2O/c1-13(8-5-11)7-3-9-14-12-6-2-4-10;2*1-2/h12H,2-9H2,1H3;1-2H3;1H2. The first-order valence-corrected chi connectivity index (χ1v) is 7.32. The zero-order valence-electron chi connectivity index (χ0n) is 11.9. The zero-order valence-corrected chi connectivity index (χ0v) is 13.4. The van der Waals surface area contributed by atoms with Crippen LogP contribution in [0.3, 0.4) is 0 Å². The summed E-state index contributed by atoms with van der Waals surface area (Å²) in [4.78, 5) is 15.4. The second-order valence-corrected chi connectivity index (χ2v) is 3.89. The average molecular weight is 303 g/mol. The van der Waals surface area contributed by atoms with Crippen LogP contribution in [0, 0.1) is 0 Å². The van der Waals surface area contributed by atoms with Crippen molar-refractivity contribution in [3.05, 3.63) is 0 Å². The molecule has 112 valence electrons. The molecule has 0 saturated heterocycles. The van der Waals surface area contributed by atoms with Crippen LogP contribution in [0.1, 0.15) is 26.7 Å². The van der Waals surface area contributed by atoms with E-state index in [1.807, 2.05) is 20.6 Å². The van der Waals surface area contributed by atoms with Crippen LogP contribution in [0.5, 0.6) is 0 Å². The van der Waals surface area contributed by atoms with Gasteiger partial charge in [-0.05, 0) is 19.9 Å². The molecule has 0 rings (SSSR count).